The van der Waals surface area contributed by atoms with Gasteiger partial charge in [0.25, 0.3) is 0 Å². The number of carbonyl (C=O) groups is 1. The molecule has 0 aliphatic carbocycles. The van der Waals surface area contributed by atoms with Crippen molar-refractivity contribution in [2.75, 3.05) is 6.61 Å². The molecule has 0 spiro atoms. The standard InChI is InChI=1S/C38H74O2/c1-4-6-7-8-9-10-11-12-13-14-15-16-20-23-26-29-32-35-38(39)40-36-33-30-27-24-21-18-17-19-22-25-28-31-34-37(3)5-2/h12-13,37H,4-11,14-36H2,1-3H3. The Balaban J connectivity index is 3.20. The molecule has 0 amide bonds. The second kappa shape index (κ2) is 34.4. The summed E-state index contributed by atoms with van der Waals surface area (Å²) >= 11 is 0. The number of allylic oxidation sites excluding steroid dienone is 2. The molecule has 0 aromatic rings. The van der Waals surface area contributed by atoms with Crippen LogP contribution in [0, 0.1) is 5.92 Å². The molecule has 0 bridgehead atoms. The normalized spacial score (nSPS) is 12.4. The van der Waals surface area contributed by atoms with Gasteiger partial charge in [-0.15, -0.1) is 0 Å². The summed E-state index contributed by atoms with van der Waals surface area (Å²) in [6.45, 7) is 7.60. The molecule has 0 rings (SSSR count). The number of esters is 1. The Hall–Kier alpha value is -0.790. The summed E-state index contributed by atoms with van der Waals surface area (Å²) in [6, 6.07) is 0. The summed E-state index contributed by atoms with van der Waals surface area (Å²) in [5, 5.41) is 0. The highest BCUT2D eigenvalue weighted by atomic mass is 16.5. The van der Waals surface area contributed by atoms with Gasteiger partial charge in [0.05, 0.1) is 6.61 Å². The predicted octanol–water partition coefficient (Wildman–Crippen LogP) is 13.5. The summed E-state index contributed by atoms with van der Waals surface area (Å²) in [4.78, 5) is 11.9. The van der Waals surface area contributed by atoms with Gasteiger partial charge in [0, 0.05) is 6.42 Å². The fraction of sp³-hybridized carbons (Fsp3) is 0.921. The third-order valence-electron chi connectivity index (χ3n) is 8.69. The van der Waals surface area contributed by atoms with Crippen molar-refractivity contribution in [1.29, 1.82) is 0 Å². The molecule has 0 aliphatic rings. The van der Waals surface area contributed by atoms with Crippen molar-refractivity contribution in [3.63, 3.8) is 0 Å². The van der Waals surface area contributed by atoms with Gasteiger partial charge < -0.3 is 4.74 Å². The Morgan fingerprint density at radius 2 is 0.925 bits per heavy atom. The molecule has 1 atom stereocenters. The minimum absolute atomic E-state index is 0.0209. The molecule has 1 unspecified atom stereocenters. The second-order valence-corrected chi connectivity index (χ2v) is 12.8. The first-order valence-electron chi connectivity index (χ1n) is 18.5. The lowest BCUT2D eigenvalue weighted by molar-refractivity contribution is -0.143. The van der Waals surface area contributed by atoms with Gasteiger partial charge in [-0.3, -0.25) is 4.79 Å². The van der Waals surface area contributed by atoms with Crippen LogP contribution in [-0.2, 0) is 9.53 Å². The van der Waals surface area contributed by atoms with Gasteiger partial charge in [-0.05, 0) is 44.4 Å². The molecule has 238 valence electrons. The quantitative estimate of drug-likeness (QED) is 0.0451. The van der Waals surface area contributed by atoms with Crippen LogP contribution in [0.5, 0.6) is 0 Å². The third kappa shape index (κ3) is 33.4. The van der Waals surface area contributed by atoms with Crippen LogP contribution in [0.3, 0.4) is 0 Å². The number of hydrogen-bond acceptors (Lipinski definition) is 2. The summed E-state index contributed by atoms with van der Waals surface area (Å²) < 4.78 is 5.44. The first-order chi connectivity index (χ1) is 19.7. The Labute approximate surface area is 253 Å². The lowest BCUT2D eigenvalue weighted by atomic mass is 9.99. The van der Waals surface area contributed by atoms with Gasteiger partial charge in [-0.2, -0.15) is 0 Å². The summed E-state index contributed by atoms with van der Waals surface area (Å²) in [7, 11) is 0. The molecule has 2 heteroatoms. The molecule has 0 heterocycles. The van der Waals surface area contributed by atoms with E-state index in [1.54, 1.807) is 0 Å². The highest BCUT2D eigenvalue weighted by Gasteiger charge is 2.03. The SMILES string of the molecule is CCCCCCCCC=CCCCCCCCCCC(=O)OCCCCCCCCCCCCCCC(C)CC. The maximum absolute atomic E-state index is 11.9. The number of carbonyl (C=O) groups excluding carboxylic acids is 1. The zero-order valence-corrected chi connectivity index (χ0v) is 28.0. The van der Waals surface area contributed by atoms with E-state index in [9.17, 15) is 4.79 Å². The molecule has 0 saturated heterocycles. The number of unbranched alkanes of at least 4 members (excludes halogenated alkanes) is 24. The molecule has 0 fully saturated rings. The molecule has 0 N–H and O–H groups in total. The average Bonchev–Trinajstić information content (AvgIpc) is 2.96. The van der Waals surface area contributed by atoms with Crippen LogP contribution >= 0.6 is 0 Å². The fourth-order valence-corrected chi connectivity index (χ4v) is 5.52. The van der Waals surface area contributed by atoms with Crippen LogP contribution in [-0.4, -0.2) is 12.6 Å². The molecule has 40 heavy (non-hydrogen) atoms. The number of rotatable bonds is 33. The van der Waals surface area contributed by atoms with Gasteiger partial charge in [-0.1, -0.05) is 181 Å². The van der Waals surface area contributed by atoms with Crippen LogP contribution in [0.15, 0.2) is 12.2 Å². The topological polar surface area (TPSA) is 26.3 Å². The van der Waals surface area contributed by atoms with Crippen LogP contribution in [0.1, 0.15) is 213 Å². The van der Waals surface area contributed by atoms with Crippen molar-refractivity contribution in [3.8, 4) is 0 Å². The van der Waals surface area contributed by atoms with Crippen molar-refractivity contribution in [2.24, 2.45) is 5.92 Å². The van der Waals surface area contributed by atoms with Gasteiger partial charge in [0.2, 0.25) is 0 Å². The molecular weight excluding hydrogens is 488 g/mol. The molecular formula is C38H74O2. The highest BCUT2D eigenvalue weighted by molar-refractivity contribution is 5.69. The van der Waals surface area contributed by atoms with E-state index in [1.165, 1.54) is 173 Å². The van der Waals surface area contributed by atoms with E-state index in [2.05, 4.69) is 32.9 Å². The molecule has 0 saturated carbocycles. The van der Waals surface area contributed by atoms with E-state index in [-0.39, 0.29) is 5.97 Å². The monoisotopic (exact) mass is 563 g/mol. The van der Waals surface area contributed by atoms with E-state index < -0.39 is 0 Å². The first kappa shape index (κ1) is 39.2. The lowest BCUT2D eigenvalue weighted by Gasteiger charge is -2.07. The van der Waals surface area contributed by atoms with Crippen molar-refractivity contribution in [2.45, 2.75) is 213 Å². The minimum Gasteiger partial charge on any atom is -0.466 e. The van der Waals surface area contributed by atoms with Crippen molar-refractivity contribution in [3.05, 3.63) is 12.2 Å². The minimum atomic E-state index is 0.0209. The number of hydrogen-bond donors (Lipinski definition) is 0. The Morgan fingerprint density at radius 1 is 0.525 bits per heavy atom. The Kier molecular flexibility index (Phi) is 33.7. The highest BCUT2D eigenvalue weighted by Crippen LogP contribution is 2.16. The number of ether oxygens (including phenoxy) is 1. The van der Waals surface area contributed by atoms with E-state index in [1.807, 2.05) is 0 Å². The van der Waals surface area contributed by atoms with Gasteiger partial charge in [0.1, 0.15) is 0 Å². The molecule has 0 aliphatic heterocycles. The van der Waals surface area contributed by atoms with Gasteiger partial charge in [-0.25, -0.2) is 0 Å². The second-order valence-electron chi connectivity index (χ2n) is 12.8. The summed E-state index contributed by atoms with van der Waals surface area (Å²) in [5.41, 5.74) is 0. The maximum Gasteiger partial charge on any atom is 0.305 e. The van der Waals surface area contributed by atoms with Crippen LogP contribution in [0.2, 0.25) is 0 Å². The first-order valence-corrected chi connectivity index (χ1v) is 18.5. The van der Waals surface area contributed by atoms with Crippen LogP contribution in [0.25, 0.3) is 0 Å². The smallest absolute Gasteiger partial charge is 0.305 e. The van der Waals surface area contributed by atoms with Crippen molar-refractivity contribution in [1.82, 2.24) is 0 Å². The van der Waals surface area contributed by atoms with Crippen molar-refractivity contribution >= 4 is 5.97 Å². The maximum atomic E-state index is 11.9. The molecule has 0 aromatic heterocycles. The van der Waals surface area contributed by atoms with E-state index in [4.69, 9.17) is 4.74 Å². The van der Waals surface area contributed by atoms with Crippen LogP contribution < -0.4 is 0 Å². The van der Waals surface area contributed by atoms with Gasteiger partial charge >= 0.3 is 5.97 Å². The van der Waals surface area contributed by atoms with Gasteiger partial charge in [0.15, 0.2) is 0 Å². The predicted molar refractivity (Wildman–Crippen MR) is 179 cm³/mol. The molecule has 0 aromatic carbocycles. The zero-order valence-electron chi connectivity index (χ0n) is 28.0. The zero-order chi connectivity index (χ0) is 29.2. The third-order valence-corrected chi connectivity index (χ3v) is 8.69. The Morgan fingerprint density at radius 3 is 1.40 bits per heavy atom. The molecule has 2 nitrogen and oxygen atoms in total. The van der Waals surface area contributed by atoms with Crippen molar-refractivity contribution < 1.29 is 9.53 Å². The molecule has 0 radical (unpaired) electrons. The Bertz CT molecular complexity index is 512. The van der Waals surface area contributed by atoms with E-state index >= 15 is 0 Å². The fourth-order valence-electron chi connectivity index (χ4n) is 5.52. The van der Waals surface area contributed by atoms with Crippen LogP contribution in [0.4, 0.5) is 0 Å². The largest absolute Gasteiger partial charge is 0.466 e. The van der Waals surface area contributed by atoms with E-state index in [0.717, 1.165) is 18.8 Å². The summed E-state index contributed by atoms with van der Waals surface area (Å²) in [5.74, 6) is 0.941. The van der Waals surface area contributed by atoms with E-state index in [0.29, 0.717) is 13.0 Å². The lowest BCUT2D eigenvalue weighted by Crippen LogP contribution is -2.05. The average molecular weight is 563 g/mol. The summed E-state index contributed by atoms with van der Waals surface area (Å²) in [6.07, 6.45) is 44.1.